The fourth-order valence-electron chi connectivity index (χ4n) is 3.02. The van der Waals surface area contributed by atoms with Gasteiger partial charge in [-0.2, -0.15) is 0 Å². The molecular weight excluding hydrogens is 278 g/mol. The van der Waals surface area contributed by atoms with E-state index in [4.69, 9.17) is 4.74 Å². The van der Waals surface area contributed by atoms with Gasteiger partial charge in [0.25, 0.3) is 5.91 Å². The van der Waals surface area contributed by atoms with Crippen LogP contribution in [-0.2, 0) is 9.53 Å². The Balaban J connectivity index is 2.12. The van der Waals surface area contributed by atoms with Crippen LogP contribution < -0.4 is 0 Å². The van der Waals surface area contributed by atoms with Crippen molar-refractivity contribution in [2.24, 2.45) is 0 Å². The van der Waals surface area contributed by atoms with Crippen LogP contribution in [0, 0.1) is 6.92 Å². The summed E-state index contributed by atoms with van der Waals surface area (Å²) in [7, 11) is 1.38. The van der Waals surface area contributed by atoms with Crippen LogP contribution in [0.3, 0.4) is 0 Å². The van der Waals surface area contributed by atoms with Crippen molar-refractivity contribution in [3.05, 3.63) is 35.4 Å². The van der Waals surface area contributed by atoms with Gasteiger partial charge in [-0.1, -0.05) is 37.0 Å². The molecule has 0 spiro atoms. The van der Waals surface area contributed by atoms with E-state index in [9.17, 15) is 9.59 Å². The monoisotopic (exact) mass is 303 g/mol. The van der Waals surface area contributed by atoms with Gasteiger partial charge in [0.2, 0.25) is 0 Å². The van der Waals surface area contributed by atoms with Gasteiger partial charge < -0.3 is 9.64 Å². The van der Waals surface area contributed by atoms with E-state index in [1.54, 1.807) is 0 Å². The first-order valence-electron chi connectivity index (χ1n) is 8.06. The number of amides is 1. The molecule has 4 nitrogen and oxygen atoms in total. The zero-order valence-electron chi connectivity index (χ0n) is 13.5. The van der Waals surface area contributed by atoms with E-state index in [0.29, 0.717) is 12.1 Å². The number of rotatable bonds is 5. The molecule has 0 aromatic heterocycles. The molecule has 1 aliphatic rings. The molecule has 2 rings (SSSR count). The van der Waals surface area contributed by atoms with Gasteiger partial charge in [-0.05, 0) is 31.9 Å². The molecule has 1 aromatic carbocycles. The molecule has 1 aromatic rings. The molecule has 0 N–H and O–H groups in total. The zero-order valence-corrected chi connectivity index (χ0v) is 13.5. The molecule has 1 saturated carbocycles. The van der Waals surface area contributed by atoms with Gasteiger partial charge in [-0.3, -0.25) is 9.59 Å². The molecule has 0 aliphatic heterocycles. The van der Waals surface area contributed by atoms with Crippen LogP contribution >= 0.6 is 0 Å². The summed E-state index contributed by atoms with van der Waals surface area (Å²) in [6.45, 7) is 2.44. The summed E-state index contributed by atoms with van der Waals surface area (Å²) in [5.74, 6) is -0.242. The van der Waals surface area contributed by atoms with Crippen LogP contribution in [0.1, 0.15) is 54.4 Å². The fraction of sp³-hybridized carbons (Fsp3) is 0.556. The molecule has 0 unspecified atom stereocenters. The summed E-state index contributed by atoms with van der Waals surface area (Å²) in [4.78, 5) is 26.1. The molecule has 1 aliphatic carbocycles. The highest BCUT2D eigenvalue weighted by Crippen LogP contribution is 2.24. The highest BCUT2D eigenvalue weighted by atomic mass is 16.5. The lowest BCUT2D eigenvalue weighted by atomic mass is 9.93. The standard InChI is InChI=1S/C18H25NO3/c1-14-8-10-15(11-9-14)18(21)19(13-12-17(20)22-2)16-6-4-3-5-7-16/h8-11,16H,3-7,12-13H2,1-2H3. The SMILES string of the molecule is COC(=O)CCN(C(=O)c1ccc(C)cc1)C1CCCCC1. The second-order valence-corrected chi connectivity index (χ2v) is 5.98. The van der Waals surface area contributed by atoms with Crippen LogP contribution in [-0.4, -0.2) is 36.5 Å². The highest BCUT2D eigenvalue weighted by Gasteiger charge is 2.26. The van der Waals surface area contributed by atoms with Crippen molar-refractivity contribution < 1.29 is 14.3 Å². The predicted octanol–water partition coefficient (Wildman–Crippen LogP) is 3.33. The van der Waals surface area contributed by atoms with Crippen molar-refractivity contribution in [3.63, 3.8) is 0 Å². The minimum Gasteiger partial charge on any atom is -0.469 e. The topological polar surface area (TPSA) is 46.6 Å². The number of esters is 1. The quantitative estimate of drug-likeness (QED) is 0.784. The second kappa shape index (κ2) is 7.97. The molecule has 0 heterocycles. The van der Waals surface area contributed by atoms with Crippen molar-refractivity contribution in [2.45, 2.75) is 51.5 Å². The van der Waals surface area contributed by atoms with E-state index >= 15 is 0 Å². The third-order valence-electron chi connectivity index (χ3n) is 4.36. The number of methoxy groups -OCH3 is 1. The van der Waals surface area contributed by atoms with E-state index in [2.05, 4.69) is 0 Å². The molecule has 120 valence electrons. The van der Waals surface area contributed by atoms with Crippen LogP contribution in [0.2, 0.25) is 0 Å². The molecule has 1 amide bonds. The van der Waals surface area contributed by atoms with Crippen molar-refractivity contribution in [2.75, 3.05) is 13.7 Å². The Labute approximate surface area is 132 Å². The summed E-state index contributed by atoms with van der Waals surface area (Å²) in [6, 6.07) is 7.88. The summed E-state index contributed by atoms with van der Waals surface area (Å²) < 4.78 is 4.71. The average Bonchev–Trinajstić information content (AvgIpc) is 2.56. The summed E-state index contributed by atoms with van der Waals surface area (Å²) in [5.41, 5.74) is 1.83. The van der Waals surface area contributed by atoms with E-state index in [0.717, 1.165) is 31.2 Å². The zero-order chi connectivity index (χ0) is 15.9. The fourth-order valence-corrected chi connectivity index (χ4v) is 3.02. The Morgan fingerprint density at radius 3 is 2.36 bits per heavy atom. The van der Waals surface area contributed by atoms with E-state index in [1.807, 2.05) is 36.1 Å². The molecule has 4 heteroatoms. The number of ether oxygens (including phenoxy) is 1. The van der Waals surface area contributed by atoms with E-state index in [-0.39, 0.29) is 24.3 Å². The van der Waals surface area contributed by atoms with Crippen molar-refractivity contribution in [3.8, 4) is 0 Å². The average molecular weight is 303 g/mol. The first kappa shape index (κ1) is 16.5. The summed E-state index contributed by atoms with van der Waals surface area (Å²) in [5, 5.41) is 0. The maximum Gasteiger partial charge on any atom is 0.307 e. The third kappa shape index (κ3) is 4.33. The van der Waals surface area contributed by atoms with Crippen molar-refractivity contribution in [1.82, 2.24) is 4.90 Å². The third-order valence-corrected chi connectivity index (χ3v) is 4.36. The Hall–Kier alpha value is -1.84. The number of benzene rings is 1. The minimum atomic E-state index is -0.266. The Kier molecular flexibility index (Phi) is 5.99. The second-order valence-electron chi connectivity index (χ2n) is 5.98. The van der Waals surface area contributed by atoms with Gasteiger partial charge in [-0.15, -0.1) is 0 Å². The van der Waals surface area contributed by atoms with E-state index in [1.165, 1.54) is 13.5 Å². The largest absolute Gasteiger partial charge is 0.469 e. The molecule has 0 radical (unpaired) electrons. The van der Waals surface area contributed by atoms with Gasteiger partial charge in [-0.25, -0.2) is 0 Å². The van der Waals surface area contributed by atoms with Gasteiger partial charge in [0, 0.05) is 18.2 Å². The molecule has 0 bridgehead atoms. The van der Waals surface area contributed by atoms with Crippen LogP contribution in [0.5, 0.6) is 0 Å². The highest BCUT2D eigenvalue weighted by molar-refractivity contribution is 5.94. The lowest BCUT2D eigenvalue weighted by Gasteiger charge is -2.34. The Bertz CT molecular complexity index is 504. The lowest BCUT2D eigenvalue weighted by molar-refractivity contribution is -0.140. The normalized spacial score (nSPS) is 15.4. The maximum atomic E-state index is 12.8. The van der Waals surface area contributed by atoms with Gasteiger partial charge in [0.1, 0.15) is 0 Å². The lowest BCUT2D eigenvalue weighted by Crippen LogP contribution is -2.42. The maximum absolute atomic E-state index is 12.8. The Morgan fingerprint density at radius 2 is 1.77 bits per heavy atom. The van der Waals surface area contributed by atoms with Gasteiger partial charge in [0.15, 0.2) is 0 Å². The first-order valence-corrected chi connectivity index (χ1v) is 8.06. The number of carbonyl (C=O) groups excluding carboxylic acids is 2. The van der Waals surface area contributed by atoms with Crippen molar-refractivity contribution >= 4 is 11.9 Å². The molecule has 22 heavy (non-hydrogen) atoms. The summed E-state index contributed by atoms with van der Waals surface area (Å²) >= 11 is 0. The number of nitrogens with zero attached hydrogens (tertiary/aromatic N) is 1. The van der Waals surface area contributed by atoms with Crippen LogP contribution in [0.25, 0.3) is 0 Å². The summed E-state index contributed by atoms with van der Waals surface area (Å²) in [6.07, 6.45) is 5.85. The van der Waals surface area contributed by atoms with Gasteiger partial charge in [0.05, 0.1) is 13.5 Å². The van der Waals surface area contributed by atoms with E-state index < -0.39 is 0 Å². The predicted molar refractivity (Wildman–Crippen MR) is 85.7 cm³/mol. The minimum absolute atomic E-state index is 0.0239. The first-order chi connectivity index (χ1) is 10.6. The number of carbonyl (C=O) groups is 2. The molecule has 0 atom stereocenters. The number of hydrogen-bond donors (Lipinski definition) is 0. The van der Waals surface area contributed by atoms with Gasteiger partial charge >= 0.3 is 5.97 Å². The molecular formula is C18H25NO3. The smallest absolute Gasteiger partial charge is 0.307 e. The Morgan fingerprint density at radius 1 is 1.14 bits per heavy atom. The van der Waals surface area contributed by atoms with Crippen LogP contribution in [0.4, 0.5) is 0 Å². The number of hydrogen-bond acceptors (Lipinski definition) is 3. The number of aryl methyl sites for hydroxylation is 1. The van der Waals surface area contributed by atoms with Crippen molar-refractivity contribution in [1.29, 1.82) is 0 Å². The van der Waals surface area contributed by atoms with Crippen LogP contribution in [0.15, 0.2) is 24.3 Å². The molecule has 1 fully saturated rings. The molecule has 0 saturated heterocycles.